The van der Waals surface area contributed by atoms with Crippen molar-refractivity contribution in [3.8, 4) is 0 Å². The van der Waals surface area contributed by atoms with Gasteiger partial charge in [-0.15, -0.1) is 0 Å². The summed E-state index contributed by atoms with van der Waals surface area (Å²) >= 11 is 0. The van der Waals surface area contributed by atoms with Crippen LogP contribution in [-0.2, 0) is 27.3 Å². The molecule has 0 spiro atoms. The minimum absolute atomic E-state index is 0.138. The molecule has 172 valence electrons. The molecule has 3 amide bonds. The average molecular weight is 444 g/mol. The third-order valence-corrected chi connectivity index (χ3v) is 4.28. The van der Waals surface area contributed by atoms with Crippen LogP contribution < -0.4 is 16.0 Å². The lowest BCUT2D eigenvalue weighted by Crippen LogP contribution is -2.35. The molecule has 2 rings (SSSR count). The molecule has 2 aromatic carbocycles. The number of carbonyl (C=O) groups excluding carboxylic acids is 3. The van der Waals surface area contributed by atoms with Crippen molar-refractivity contribution in [1.82, 2.24) is 10.6 Å². The summed E-state index contributed by atoms with van der Waals surface area (Å²) in [5, 5.41) is 8.11. The van der Waals surface area contributed by atoms with Crippen molar-refractivity contribution < 1.29 is 23.5 Å². The lowest BCUT2D eigenvalue weighted by molar-refractivity contribution is -0.121. The summed E-state index contributed by atoms with van der Waals surface area (Å²) in [5.41, 5.74) is 1.70. The Morgan fingerprint density at radius 1 is 0.906 bits per heavy atom. The number of anilines is 1. The van der Waals surface area contributed by atoms with E-state index in [1.165, 1.54) is 12.1 Å². The molecule has 0 fully saturated rings. The molecule has 0 saturated heterocycles. The number of rotatable bonds is 9. The summed E-state index contributed by atoms with van der Waals surface area (Å²) in [5.74, 6) is -0.673. The standard InChI is InChI=1S/C24H30FN3O4/c1-24(2,3)32-23(31)26-14-13-21(29)27-16-18-7-10-20(11-8-18)28-22(30)12-9-17-5-4-6-19(25)15-17/h4-8,10-11,15H,9,12-14,16H2,1-3H3,(H,26,31)(H,27,29)(H,28,30). The SMILES string of the molecule is CC(C)(C)OC(=O)NCCC(=O)NCc1ccc(NC(=O)CCc2cccc(F)c2)cc1. The zero-order chi connectivity index (χ0) is 23.6. The Morgan fingerprint density at radius 2 is 1.62 bits per heavy atom. The Kier molecular flexibility index (Phi) is 9.19. The van der Waals surface area contributed by atoms with Crippen molar-refractivity contribution in [3.05, 3.63) is 65.5 Å². The van der Waals surface area contributed by atoms with E-state index < -0.39 is 11.7 Å². The van der Waals surface area contributed by atoms with Gasteiger partial charge < -0.3 is 20.7 Å². The highest BCUT2D eigenvalue weighted by molar-refractivity contribution is 5.90. The van der Waals surface area contributed by atoms with Crippen LogP contribution in [-0.4, -0.2) is 30.1 Å². The minimum atomic E-state index is -0.584. The Morgan fingerprint density at radius 3 is 2.28 bits per heavy atom. The van der Waals surface area contributed by atoms with E-state index in [2.05, 4.69) is 16.0 Å². The third kappa shape index (κ3) is 10.1. The number of aryl methyl sites for hydroxylation is 1. The molecule has 0 heterocycles. The van der Waals surface area contributed by atoms with Crippen LogP contribution in [0.5, 0.6) is 0 Å². The zero-order valence-corrected chi connectivity index (χ0v) is 18.7. The van der Waals surface area contributed by atoms with Gasteiger partial charge in [-0.1, -0.05) is 24.3 Å². The van der Waals surface area contributed by atoms with Gasteiger partial charge in [-0.05, 0) is 62.6 Å². The molecule has 8 heteroatoms. The van der Waals surface area contributed by atoms with E-state index in [0.29, 0.717) is 18.7 Å². The predicted octanol–water partition coefficient (Wildman–Crippen LogP) is 3.93. The number of benzene rings is 2. The maximum absolute atomic E-state index is 13.2. The van der Waals surface area contributed by atoms with Gasteiger partial charge in [-0.2, -0.15) is 0 Å². The second kappa shape index (κ2) is 11.8. The number of halogens is 1. The van der Waals surface area contributed by atoms with Crippen LogP contribution in [0.15, 0.2) is 48.5 Å². The summed E-state index contributed by atoms with van der Waals surface area (Å²) in [6, 6.07) is 13.3. The summed E-state index contributed by atoms with van der Waals surface area (Å²) in [4.78, 5) is 35.6. The molecule has 0 bridgehead atoms. The second-order valence-corrected chi connectivity index (χ2v) is 8.33. The normalized spacial score (nSPS) is 10.9. The van der Waals surface area contributed by atoms with E-state index >= 15 is 0 Å². The van der Waals surface area contributed by atoms with Crippen molar-refractivity contribution >= 4 is 23.6 Å². The van der Waals surface area contributed by atoms with Gasteiger partial charge in [-0.3, -0.25) is 9.59 Å². The van der Waals surface area contributed by atoms with Gasteiger partial charge in [0.25, 0.3) is 0 Å². The number of hydrogen-bond acceptors (Lipinski definition) is 4. The lowest BCUT2D eigenvalue weighted by Gasteiger charge is -2.19. The maximum atomic E-state index is 13.2. The van der Waals surface area contributed by atoms with Crippen LogP contribution in [0.25, 0.3) is 0 Å². The Labute approximate surface area is 187 Å². The molecule has 7 nitrogen and oxygen atoms in total. The highest BCUT2D eigenvalue weighted by Crippen LogP contribution is 2.12. The lowest BCUT2D eigenvalue weighted by atomic mass is 10.1. The molecule has 0 unspecified atom stereocenters. The maximum Gasteiger partial charge on any atom is 0.407 e. The zero-order valence-electron chi connectivity index (χ0n) is 18.7. The van der Waals surface area contributed by atoms with Gasteiger partial charge in [0.15, 0.2) is 0 Å². The van der Waals surface area contributed by atoms with E-state index in [0.717, 1.165) is 11.1 Å². The quantitative estimate of drug-likeness (QED) is 0.547. The minimum Gasteiger partial charge on any atom is -0.444 e. The molecule has 0 atom stereocenters. The van der Waals surface area contributed by atoms with E-state index in [9.17, 15) is 18.8 Å². The van der Waals surface area contributed by atoms with Gasteiger partial charge in [-0.25, -0.2) is 9.18 Å². The number of amides is 3. The fourth-order valence-corrected chi connectivity index (χ4v) is 2.76. The van der Waals surface area contributed by atoms with Gasteiger partial charge in [0.2, 0.25) is 11.8 Å². The largest absolute Gasteiger partial charge is 0.444 e. The number of ether oxygens (including phenoxy) is 1. The molecule has 0 aliphatic heterocycles. The van der Waals surface area contributed by atoms with Crippen molar-refractivity contribution in [2.24, 2.45) is 0 Å². The topological polar surface area (TPSA) is 96.5 Å². The first-order chi connectivity index (χ1) is 15.1. The highest BCUT2D eigenvalue weighted by Gasteiger charge is 2.15. The number of hydrogen-bond donors (Lipinski definition) is 3. The van der Waals surface area contributed by atoms with Crippen LogP contribution in [0, 0.1) is 5.82 Å². The van der Waals surface area contributed by atoms with Crippen LogP contribution in [0.1, 0.15) is 44.7 Å². The Bertz CT molecular complexity index is 924. The van der Waals surface area contributed by atoms with Crippen molar-refractivity contribution in [2.45, 2.75) is 52.2 Å². The van der Waals surface area contributed by atoms with Gasteiger partial charge in [0.05, 0.1) is 0 Å². The summed E-state index contributed by atoms with van der Waals surface area (Å²) in [7, 11) is 0. The van der Waals surface area contributed by atoms with E-state index in [4.69, 9.17) is 4.74 Å². The third-order valence-electron chi connectivity index (χ3n) is 4.28. The smallest absolute Gasteiger partial charge is 0.407 e. The van der Waals surface area contributed by atoms with Crippen LogP contribution in [0.3, 0.4) is 0 Å². The number of carbonyl (C=O) groups is 3. The molecular formula is C24H30FN3O4. The molecule has 3 N–H and O–H groups in total. The first kappa shape index (κ1) is 24.8. The molecular weight excluding hydrogens is 413 g/mol. The predicted molar refractivity (Wildman–Crippen MR) is 120 cm³/mol. The van der Waals surface area contributed by atoms with E-state index in [-0.39, 0.29) is 37.0 Å². The molecule has 0 aromatic heterocycles. The first-order valence-electron chi connectivity index (χ1n) is 10.5. The molecule has 32 heavy (non-hydrogen) atoms. The van der Waals surface area contributed by atoms with Crippen LogP contribution in [0.2, 0.25) is 0 Å². The molecule has 2 aromatic rings. The van der Waals surface area contributed by atoms with Crippen molar-refractivity contribution in [3.63, 3.8) is 0 Å². The summed E-state index contributed by atoms with van der Waals surface area (Å²) < 4.78 is 18.3. The fourth-order valence-electron chi connectivity index (χ4n) is 2.76. The first-order valence-corrected chi connectivity index (χ1v) is 10.5. The second-order valence-electron chi connectivity index (χ2n) is 8.33. The van der Waals surface area contributed by atoms with Gasteiger partial charge >= 0.3 is 6.09 Å². The van der Waals surface area contributed by atoms with Crippen molar-refractivity contribution in [2.75, 3.05) is 11.9 Å². The summed E-state index contributed by atoms with van der Waals surface area (Å²) in [6.07, 6.45) is 0.284. The van der Waals surface area contributed by atoms with E-state index in [1.54, 1.807) is 57.2 Å². The summed E-state index contributed by atoms with van der Waals surface area (Å²) in [6.45, 7) is 5.81. The number of alkyl carbamates (subject to hydrolysis) is 1. The highest BCUT2D eigenvalue weighted by atomic mass is 19.1. The fraction of sp³-hybridized carbons (Fsp3) is 0.375. The number of nitrogens with one attached hydrogen (secondary N) is 3. The van der Waals surface area contributed by atoms with Crippen LogP contribution >= 0.6 is 0 Å². The molecule has 0 aliphatic rings. The molecule has 0 saturated carbocycles. The van der Waals surface area contributed by atoms with Crippen LogP contribution in [0.4, 0.5) is 14.9 Å². The monoisotopic (exact) mass is 443 g/mol. The van der Waals surface area contributed by atoms with Gasteiger partial charge in [0.1, 0.15) is 11.4 Å². The Balaban J connectivity index is 1.67. The molecule has 0 aliphatic carbocycles. The van der Waals surface area contributed by atoms with Gasteiger partial charge in [0, 0.05) is 31.6 Å². The Hall–Kier alpha value is -3.42. The van der Waals surface area contributed by atoms with Crippen molar-refractivity contribution in [1.29, 1.82) is 0 Å². The molecule has 0 radical (unpaired) electrons. The van der Waals surface area contributed by atoms with E-state index in [1.807, 2.05) is 0 Å². The average Bonchev–Trinajstić information content (AvgIpc) is 2.70.